The minimum atomic E-state index is 0.0230. The Labute approximate surface area is 114 Å². The molecule has 0 spiro atoms. The van der Waals surface area contributed by atoms with Crippen LogP contribution in [0.15, 0.2) is 36.5 Å². The van der Waals surface area contributed by atoms with Crippen LogP contribution >= 0.6 is 0 Å². The van der Waals surface area contributed by atoms with Gasteiger partial charge in [0.25, 0.3) is 0 Å². The quantitative estimate of drug-likeness (QED) is 0.881. The first-order chi connectivity index (χ1) is 8.86. The third kappa shape index (κ3) is 3.25. The van der Waals surface area contributed by atoms with Gasteiger partial charge in [0, 0.05) is 11.6 Å². The second-order valence-corrected chi connectivity index (χ2v) is 5.78. The summed E-state index contributed by atoms with van der Waals surface area (Å²) in [6.07, 6.45) is 1.60. The molecule has 0 aliphatic rings. The molecule has 0 saturated carbocycles. The van der Waals surface area contributed by atoms with Gasteiger partial charge in [-0.3, -0.25) is 0 Å². The van der Waals surface area contributed by atoms with Crippen molar-refractivity contribution in [3.05, 3.63) is 47.7 Å². The Morgan fingerprint density at radius 3 is 2.42 bits per heavy atom. The number of anilines is 1. The highest BCUT2D eigenvalue weighted by atomic mass is 16.5. The molecule has 0 fully saturated rings. The molecule has 0 atom stereocenters. The molecular weight excluding hydrogens is 236 g/mol. The first kappa shape index (κ1) is 13.4. The fraction of sp³-hybridized carbons (Fsp3) is 0.312. The van der Waals surface area contributed by atoms with E-state index < -0.39 is 0 Å². The molecule has 1 aromatic carbocycles. The minimum Gasteiger partial charge on any atom is -0.439 e. The van der Waals surface area contributed by atoms with Crippen LogP contribution in [0.25, 0.3) is 0 Å². The largest absolute Gasteiger partial charge is 0.439 e. The van der Waals surface area contributed by atoms with E-state index in [-0.39, 0.29) is 5.41 Å². The van der Waals surface area contributed by atoms with Gasteiger partial charge in [0.05, 0.1) is 11.9 Å². The predicted molar refractivity (Wildman–Crippen MR) is 78.6 cm³/mol. The zero-order valence-electron chi connectivity index (χ0n) is 11.9. The first-order valence-corrected chi connectivity index (χ1v) is 6.37. The van der Waals surface area contributed by atoms with Crippen LogP contribution in [-0.4, -0.2) is 4.98 Å². The number of aromatic nitrogens is 1. The molecule has 0 unspecified atom stereocenters. The monoisotopic (exact) mass is 256 g/mol. The van der Waals surface area contributed by atoms with Gasteiger partial charge in [-0.15, -0.1) is 0 Å². The van der Waals surface area contributed by atoms with Crippen molar-refractivity contribution in [2.24, 2.45) is 0 Å². The zero-order valence-corrected chi connectivity index (χ0v) is 11.9. The van der Waals surface area contributed by atoms with Gasteiger partial charge < -0.3 is 10.5 Å². The fourth-order valence-electron chi connectivity index (χ4n) is 1.88. The van der Waals surface area contributed by atoms with Gasteiger partial charge in [-0.05, 0) is 24.5 Å². The molecule has 3 nitrogen and oxygen atoms in total. The van der Waals surface area contributed by atoms with Crippen molar-refractivity contribution < 1.29 is 4.74 Å². The van der Waals surface area contributed by atoms with Gasteiger partial charge in [-0.1, -0.05) is 38.5 Å². The highest BCUT2D eigenvalue weighted by molar-refractivity contribution is 5.44. The van der Waals surface area contributed by atoms with E-state index in [9.17, 15) is 0 Å². The number of aryl methyl sites for hydroxylation is 1. The summed E-state index contributed by atoms with van der Waals surface area (Å²) >= 11 is 0. The topological polar surface area (TPSA) is 48.1 Å². The van der Waals surface area contributed by atoms with E-state index in [1.165, 1.54) is 11.1 Å². The second-order valence-electron chi connectivity index (χ2n) is 5.78. The summed E-state index contributed by atoms with van der Waals surface area (Å²) in [7, 11) is 0. The Balaban J connectivity index is 2.37. The normalized spacial score (nSPS) is 11.4. The van der Waals surface area contributed by atoms with Gasteiger partial charge in [-0.2, -0.15) is 0 Å². The number of hydrogen-bond donors (Lipinski definition) is 1. The van der Waals surface area contributed by atoms with E-state index in [1.54, 1.807) is 18.3 Å². The van der Waals surface area contributed by atoms with Crippen molar-refractivity contribution in [1.29, 1.82) is 0 Å². The molecule has 0 aliphatic carbocycles. The minimum absolute atomic E-state index is 0.0230. The summed E-state index contributed by atoms with van der Waals surface area (Å²) in [6.45, 7) is 8.60. The van der Waals surface area contributed by atoms with E-state index in [4.69, 9.17) is 10.5 Å². The van der Waals surface area contributed by atoms with Crippen LogP contribution in [0.1, 0.15) is 31.9 Å². The Bertz CT molecular complexity index is 568. The summed E-state index contributed by atoms with van der Waals surface area (Å²) in [5.74, 6) is 1.40. The summed E-state index contributed by atoms with van der Waals surface area (Å²) in [4.78, 5) is 4.17. The molecule has 2 N–H and O–H groups in total. The van der Waals surface area contributed by atoms with Crippen LogP contribution in [0.5, 0.6) is 11.6 Å². The Morgan fingerprint density at radius 1 is 1.11 bits per heavy atom. The van der Waals surface area contributed by atoms with Crippen LogP contribution < -0.4 is 10.5 Å². The van der Waals surface area contributed by atoms with Gasteiger partial charge in [-0.25, -0.2) is 4.98 Å². The molecule has 3 heteroatoms. The van der Waals surface area contributed by atoms with Crippen molar-refractivity contribution in [2.75, 3.05) is 5.73 Å². The van der Waals surface area contributed by atoms with E-state index in [0.717, 1.165) is 5.75 Å². The molecule has 1 aromatic heterocycles. The maximum Gasteiger partial charge on any atom is 0.219 e. The number of nitrogen functional groups attached to an aromatic ring is 1. The number of benzene rings is 1. The molecule has 0 saturated heterocycles. The van der Waals surface area contributed by atoms with E-state index in [2.05, 4.69) is 38.7 Å². The van der Waals surface area contributed by atoms with Gasteiger partial charge in [0.15, 0.2) is 0 Å². The maximum atomic E-state index is 5.88. The molecule has 1 heterocycles. The van der Waals surface area contributed by atoms with E-state index in [0.29, 0.717) is 11.6 Å². The lowest BCUT2D eigenvalue weighted by atomic mass is 9.85. The Morgan fingerprint density at radius 2 is 1.84 bits per heavy atom. The number of hydrogen-bond acceptors (Lipinski definition) is 3. The third-order valence-corrected chi connectivity index (χ3v) is 2.92. The lowest BCUT2D eigenvalue weighted by Crippen LogP contribution is -2.13. The lowest BCUT2D eigenvalue weighted by molar-refractivity contribution is 0.440. The van der Waals surface area contributed by atoms with Crippen molar-refractivity contribution in [1.82, 2.24) is 4.98 Å². The van der Waals surface area contributed by atoms with Crippen LogP contribution in [0.2, 0.25) is 0 Å². The highest BCUT2D eigenvalue weighted by Crippen LogP contribution is 2.34. The van der Waals surface area contributed by atoms with Crippen molar-refractivity contribution in [3.63, 3.8) is 0 Å². The van der Waals surface area contributed by atoms with Crippen LogP contribution in [-0.2, 0) is 5.41 Å². The highest BCUT2D eigenvalue weighted by Gasteiger charge is 2.19. The first-order valence-electron chi connectivity index (χ1n) is 6.37. The predicted octanol–water partition coefficient (Wildman–Crippen LogP) is 4.06. The van der Waals surface area contributed by atoms with E-state index >= 15 is 0 Å². The molecule has 2 rings (SSSR count). The lowest BCUT2D eigenvalue weighted by Gasteiger charge is -2.23. The molecule has 0 radical (unpaired) electrons. The molecular formula is C16H20N2O. The van der Waals surface area contributed by atoms with Crippen LogP contribution in [0.3, 0.4) is 0 Å². The molecule has 2 aromatic rings. The molecule has 19 heavy (non-hydrogen) atoms. The zero-order chi connectivity index (χ0) is 14.0. The summed E-state index contributed by atoms with van der Waals surface area (Å²) < 4.78 is 5.88. The third-order valence-electron chi connectivity index (χ3n) is 2.92. The average Bonchev–Trinajstić information content (AvgIpc) is 2.33. The number of nitrogens with two attached hydrogens (primary N) is 1. The standard InChI is InChI=1S/C16H20N2O/c1-11-5-7-14(13(9-11)16(2,3)4)19-15-8-6-12(17)10-18-15/h5-10H,17H2,1-4H3. The van der Waals surface area contributed by atoms with Gasteiger partial charge in [0.1, 0.15) is 5.75 Å². The van der Waals surface area contributed by atoms with Crippen molar-refractivity contribution in [3.8, 4) is 11.6 Å². The summed E-state index contributed by atoms with van der Waals surface area (Å²) in [5, 5.41) is 0. The maximum absolute atomic E-state index is 5.88. The second kappa shape index (κ2) is 4.92. The summed E-state index contributed by atoms with van der Waals surface area (Å²) in [6, 6.07) is 9.76. The van der Waals surface area contributed by atoms with Crippen LogP contribution in [0, 0.1) is 6.92 Å². The smallest absolute Gasteiger partial charge is 0.219 e. The number of rotatable bonds is 2. The number of ether oxygens (including phenoxy) is 1. The SMILES string of the molecule is Cc1ccc(Oc2ccc(N)cn2)c(C(C)(C)C)c1. The fourth-order valence-corrected chi connectivity index (χ4v) is 1.88. The van der Waals surface area contributed by atoms with Crippen molar-refractivity contribution in [2.45, 2.75) is 33.1 Å². The molecule has 0 aliphatic heterocycles. The van der Waals surface area contributed by atoms with Crippen LogP contribution in [0.4, 0.5) is 5.69 Å². The van der Waals surface area contributed by atoms with E-state index in [1.807, 2.05) is 12.1 Å². The summed E-state index contributed by atoms with van der Waals surface area (Å²) in [5.41, 5.74) is 8.67. The van der Waals surface area contributed by atoms with Gasteiger partial charge >= 0.3 is 0 Å². The van der Waals surface area contributed by atoms with Gasteiger partial charge in [0.2, 0.25) is 5.88 Å². The molecule has 100 valence electrons. The average molecular weight is 256 g/mol. The number of pyridine rings is 1. The molecule has 0 amide bonds. The van der Waals surface area contributed by atoms with Crippen molar-refractivity contribution >= 4 is 5.69 Å². The molecule has 0 bridgehead atoms. The Hall–Kier alpha value is -2.03. The Kier molecular flexibility index (Phi) is 3.47. The number of nitrogens with zero attached hydrogens (tertiary/aromatic N) is 1.